The average Bonchev–Trinajstić information content (AvgIpc) is 3.65. The number of nitrogens with zero attached hydrogens (tertiary/aromatic N) is 2. The van der Waals surface area contributed by atoms with Crippen LogP contribution in [-0.4, -0.2) is 4.57 Å². The minimum atomic E-state index is 1.08. The summed E-state index contributed by atoms with van der Waals surface area (Å²) in [5.41, 5.74) is 13.9. The molecule has 11 rings (SSSR count). The molecule has 0 amide bonds. The second-order valence-corrected chi connectivity index (χ2v) is 14.9. The lowest BCUT2D eigenvalue weighted by Crippen LogP contribution is -2.13. The SMILES string of the molecule is c1ccc(-c2ccc(-c3ccccc3N(c3cccc(-c4cccc5c4ccc4ccccc45)c3)c3cccc4c5ccccc5n(-c5ccccc5)c34)cc2)cc1. The van der Waals surface area contributed by atoms with Gasteiger partial charge >= 0.3 is 0 Å². The Morgan fingerprint density at radius 1 is 0.310 bits per heavy atom. The molecule has 0 bridgehead atoms. The van der Waals surface area contributed by atoms with Crippen molar-refractivity contribution < 1.29 is 0 Å². The highest BCUT2D eigenvalue weighted by atomic mass is 15.2. The van der Waals surface area contributed by atoms with Gasteiger partial charge in [-0.05, 0) is 91.8 Å². The number of rotatable bonds is 7. The number of fused-ring (bicyclic) bond motifs is 6. The van der Waals surface area contributed by atoms with Gasteiger partial charge in [-0.1, -0.05) is 188 Å². The minimum Gasteiger partial charge on any atom is -0.308 e. The quantitative estimate of drug-likeness (QED) is 0.148. The maximum Gasteiger partial charge on any atom is 0.0782 e. The zero-order valence-corrected chi connectivity index (χ0v) is 31.8. The molecule has 272 valence electrons. The first-order chi connectivity index (χ1) is 28.8. The van der Waals surface area contributed by atoms with Gasteiger partial charge in [0.1, 0.15) is 0 Å². The highest BCUT2D eigenvalue weighted by Gasteiger charge is 2.24. The van der Waals surface area contributed by atoms with Crippen molar-refractivity contribution >= 4 is 60.4 Å². The van der Waals surface area contributed by atoms with Crippen LogP contribution in [0, 0.1) is 0 Å². The first-order valence-corrected chi connectivity index (χ1v) is 19.9. The molecule has 0 aliphatic heterocycles. The van der Waals surface area contributed by atoms with Crippen molar-refractivity contribution in [3.8, 4) is 39.1 Å². The van der Waals surface area contributed by atoms with Crippen LogP contribution >= 0.6 is 0 Å². The van der Waals surface area contributed by atoms with E-state index < -0.39 is 0 Å². The third-order valence-corrected chi connectivity index (χ3v) is 11.6. The molecule has 0 N–H and O–H groups in total. The molecule has 0 saturated carbocycles. The van der Waals surface area contributed by atoms with E-state index in [0.717, 1.165) is 39.4 Å². The maximum atomic E-state index is 2.48. The number of aromatic nitrogens is 1. The fourth-order valence-electron chi connectivity index (χ4n) is 8.92. The van der Waals surface area contributed by atoms with Gasteiger partial charge in [0.15, 0.2) is 0 Å². The van der Waals surface area contributed by atoms with E-state index in [4.69, 9.17) is 0 Å². The molecule has 0 saturated heterocycles. The monoisotopic (exact) mass is 738 g/mol. The normalized spacial score (nSPS) is 11.4. The van der Waals surface area contributed by atoms with E-state index in [0.29, 0.717) is 0 Å². The van der Waals surface area contributed by atoms with Crippen LogP contribution in [-0.2, 0) is 0 Å². The van der Waals surface area contributed by atoms with Gasteiger partial charge in [-0.3, -0.25) is 0 Å². The van der Waals surface area contributed by atoms with Crippen molar-refractivity contribution in [2.24, 2.45) is 0 Å². The predicted octanol–water partition coefficient (Wildman–Crippen LogP) is 15.6. The maximum absolute atomic E-state index is 2.48. The Balaban J connectivity index is 1.17. The molecule has 0 radical (unpaired) electrons. The zero-order valence-electron chi connectivity index (χ0n) is 31.8. The Hall–Kier alpha value is -7.68. The zero-order chi connectivity index (χ0) is 38.4. The number of anilines is 3. The largest absolute Gasteiger partial charge is 0.308 e. The summed E-state index contributed by atoms with van der Waals surface area (Å²) in [7, 11) is 0. The van der Waals surface area contributed by atoms with Gasteiger partial charge < -0.3 is 9.47 Å². The van der Waals surface area contributed by atoms with Crippen LogP contribution in [0.5, 0.6) is 0 Å². The van der Waals surface area contributed by atoms with Crippen LogP contribution < -0.4 is 4.90 Å². The predicted molar refractivity (Wildman–Crippen MR) is 247 cm³/mol. The van der Waals surface area contributed by atoms with Crippen molar-refractivity contribution in [1.82, 2.24) is 4.57 Å². The number of para-hydroxylation sites is 4. The lowest BCUT2D eigenvalue weighted by molar-refractivity contribution is 1.17. The van der Waals surface area contributed by atoms with Crippen molar-refractivity contribution in [3.63, 3.8) is 0 Å². The first kappa shape index (κ1) is 33.6. The van der Waals surface area contributed by atoms with E-state index in [1.165, 1.54) is 60.1 Å². The number of benzene rings is 10. The van der Waals surface area contributed by atoms with E-state index in [1.54, 1.807) is 0 Å². The van der Waals surface area contributed by atoms with Gasteiger partial charge in [-0.15, -0.1) is 0 Å². The Morgan fingerprint density at radius 2 is 0.897 bits per heavy atom. The third kappa shape index (κ3) is 5.66. The summed E-state index contributed by atoms with van der Waals surface area (Å²) < 4.78 is 2.43. The Kier molecular flexibility index (Phi) is 8.19. The van der Waals surface area contributed by atoms with Crippen LogP contribution in [0.25, 0.3) is 82.4 Å². The molecule has 10 aromatic carbocycles. The Morgan fingerprint density at radius 3 is 1.76 bits per heavy atom. The molecule has 0 aliphatic carbocycles. The van der Waals surface area contributed by atoms with Crippen LogP contribution in [0.4, 0.5) is 17.1 Å². The van der Waals surface area contributed by atoms with E-state index >= 15 is 0 Å². The number of hydrogen-bond donors (Lipinski definition) is 0. The standard InChI is InChI=1S/C56H38N2/c1-3-16-39(17-4-1)40-32-34-42(35-33-40)48-24-9-11-29-53(48)57(55-31-15-28-52-51-25-10-12-30-54(51)58(56(52)55)44-20-5-2-6-21-44)45-22-13-19-43(38-45)47-26-14-27-49-46-23-8-7-18-41(46)36-37-50(47)49/h1-38H. The van der Waals surface area contributed by atoms with E-state index in [9.17, 15) is 0 Å². The fourth-order valence-corrected chi connectivity index (χ4v) is 8.92. The first-order valence-electron chi connectivity index (χ1n) is 19.9. The second kappa shape index (κ2) is 14.1. The van der Waals surface area contributed by atoms with Gasteiger partial charge in [0, 0.05) is 27.7 Å². The van der Waals surface area contributed by atoms with Crippen LogP contribution in [0.3, 0.4) is 0 Å². The molecule has 1 aromatic heterocycles. The molecule has 0 unspecified atom stereocenters. The molecular weight excluding hydrogens is 701 g/mol. The lowest BCUT2D eigenvalue weighted by Gasteiger charge is -2.29. The molecular formula is C56H38N2. The molecule has 2 nitrogen and oxygen atoms in total. The molecule has 2 heteroatoms. The van der Waals surface area contributed by atoms with Crippen molar-refractivity contribution in [1.29, 1.82) is 0 Å². The van der Waals surface area contributed by atoms with Crippen molar-refractivity contribution in [3.05, 3.63) is 231 Å². The lowest BCUT2D eigenvalue weighted by atomic mass is 9.94. The highest BCUT2D eigenvalue weighted by Crippen LogP contribution is 2.47. The topological polar surface area (TPSA) is 8.17 Å². The highest BCUT2D eigenvalue weighted by molar-refractivity contribution is 6.15. The van der Waals surface area contributed by atoms with Gasteiger partial charge in [-0.2, -0.15) is 0 Å². The molecule has 0 aliphatic rings. The molecule has 0 fully saturated rings. The van der Waals surface area contributed by atoms with Crippen LogP contribution in [0.2, 0.25) is 0 Å². The van der Waals surface area contributed by atoms with Gasteiger partial charge in [-0.25, -0.2) is 0 Å². The van der Waals surface area contributed by atoms with Crippen molar-refractivity contribution in [2.75, 3.05) is 4.90 Å². The summed E-state index contributed by atoms with van der Waals surface area (Å²) >= 11 is 0. The van der Waals surface area contributed by atoms with Gasteiger partial charge in [0.25, 0.3) is 0 Å². The molecule has 1 heterocycles. The van der Waals surface area contributed by atoms with Crippen LogP contribution in [0.15, 0.2) is 231 Å². The van der Waals surface area contributed by atoms with E-state index in [1.807, 2.05) is 0 Å². The molecule has 58 heavy (non-hydrogen) atoms. The molecule has 0 spiro atoms. The summed E-state index contributed by atoms with van der Waals surface area (Å²) in [6.07, 6.45) is 0. The van der Waals surface area contributed by atoms with E-state index in [-0.39, 0.29) is 0 Å². The van der Waals surface area contributed by atoms with Crippen LogP contribution in [0.1, 0.15) is 0 Å². The van der Waals surface area contributed by atoms with Crippen molar-refractivity contribution in [2.45, 2.75) is 0 Å². The Bertz CT molecular complexity index is 3270. The molecule has 0 atom stereocenters. The van der Waals surface area contributed by atoms with Gasteiger partial charge in [0.05, 0.1) is 22.4 Å². The fraction of sp³-hybridized carbons (Fsp3) is 0. The molecule has 11 aromatic rings. The summed E-state index contributed by atoms with van der Waals surface area (Å²) in [5.74, 6) is 0. The third-order valence-electron chi connectivity index (χ3n) is 11.6. The number of hydrogen-bond acceptors (Lipinski definition) is 1. The van der Waals surface area contributed by atoms with Gasteiger partial charge in [0.2, 0.25) is 0 Å². The summed E-state index contributed by atoms with van der Waals surface area (Å²) in [4.78, 5) is 2.48. The summed E-state index contributed by atoms with van der Waals surface area (Å²) in [6, 6.07) is 83.7. The Labute approximate surface area is 338 Å². The second-order valence-electron chi connectivity index (χ2n) is 14.9. The average molecular weight is 739 g/mol. The van der Waals surface area contributed by atoms with E-state index in [2.05, 4.69) is 240 Å². The summed E-state index contributed by atoms with van der Waals surface area (Å²) in [6.45, 7) is 0. The smallest absolute Gasteiger partial charge is 0.0782 e. The summed E-state index contributed by atoms with van der Waals surface area (Å²) in [5, 5.41) is 7.47. The minimum absolute atomic E-state index is 1.08.